The number of nitrogens with two attached hydrogens (primary N) is 1. The van der Waals surface area contributed by atoms with Crippen molar-refractivity contribution < 1.29 is 8.78 Å². The minimum absolute atomic E-state index is 0.0820. The number of rotatable bonds is 2. The molecule has 0 aliphatic carbocycles. The molecule has 20 heavy (non-hydrogen) atoms. The molecule has 0 aliphatic heterocycles. The first-order chi connectivity index (χ1) is 9.59. The van der Waals surface area contributed by atoms with Crippen LogP contribution in [0.3, 0.4) is 0 Å². The minimum atomic E-state index is -0.906. The van der Waals surface area contributed by atoms with E-state index in [4.69, 9.17) is 5.73 Å². The molecule has 0 aliphatic rings. The van der Waals surface area contributed by atoms with E-state index in [1.165, 1.54) is 6.07 Å². The maximum atomic E-state index is 13.6. The molecule has 0 saturated heterocycles. The highest BCUT2D eigenvalue weighted by atomic mass is 79.9. The SMILES string of the molecule is NC(c1ccc(F)c(F)c1Br)c1cccc2ccsc12. The monoisotopic (exact) mass is 353 g/mol. The molecule has 0 spiro atoms. The van der Waals surface area contributed by atoms with Crippen LogP contribution in [-0.4, -0.2) is 0 Å². The smallest absolute Gasteiger partial charge is 0.173 e. The van der Waals surface area contributed by atoms with Gasteiger partial charge in [0, 0.05) is 4.70 Å². The Labute approximate surface area is 127 Å². The van der Waals surface area contributed by atoms with Gasteiger partial charge in [0.05, 0.1) is 10.5 Å². The van der Waals surface area contributed by atoms with E-state index in [-0.39, 0.29) is 4.47 Å². The first-order valence-corrected chi connectivity index (χ1v) is 7.62. The number of fused-ring (bicyclic) bond motifs is 1. The summed E-state index contributed by atoms with van der Waals surface area (Å²) in [5.74, 6) is -1.79. The van der Waals surface area contributed by atoms with Crippen LogP contribution in [0.25, 0.3) is 10.1 Å². The van der Waals surface area contributed by atoms with Crippen molar-refractivity contribution >= 4 is 37.4 Å². The largest absolute Gasteiger partial charge is 0.320 e. The fraction of sp³-hybridized carbons (Fsp3) is 0.0667. The lowest BCUT2D eigenvalue weighted by Crippen LogP contribution is -2.13. The summed E-state index contributed by atoms with van der Waals surface area (Å²) < 4.78 is 28.0. The number of hydrogen-bond acceptors (Lipinski definition) is 2. The van der Waals surface area contributed by atoms with E-state index in [0.29, 0.717) is 5.56 Å². The van der Waals surface area contributed by atoms with Crippen LogP contribution in [0, 0.1) is 11.6 Å². The van der Waals surface area contributed by atoms with Gasteiger partial charge >= 0.3 is 0 Å². The molecule has 1 nitrogen and oxygen atoms in total. The van der Waals surface area contributed by atoms with E-state index in [9.17, 15) is 8.78 Å². The Kier molecular flexibility index (Phi) is 3.58. The lowest BCUT2D eigenvalue weighted by molar-refractivity contribution is 0.501. The van der Waals surface area contributed by atoms with Crippen LogP contribution < -0.4 is 5.73 Å². The van der Waals surface area contributed by atoms with Crippen LogP contribution in [0.2, 0.25) is 0 Å². The second-order valence-corrected chi connectivity index (χ2v) is 6.14. The van der Waals surface area contributed by atoms with Gasteiger partial charge in [0.2, 0.25) is 0 Å². The fourth-order valence-electron chi connectivity index (χ4n) is 2.21. The Morgan fingerprint density at radius 3 is 2.65 bits per heavy atom. The summed E-state index contributed by atoms with van der Waals surface area (Å²) >= 11 is 4.68. The van der Waals surface area contributed by atoms with Gasteiger partial charge in [-0.2, -0.15) is 0 Å². The van der Waals surface area contributed by atoms with E-state index in [2.05, 4.69) is 15.9 Å². The van der Waals surface area contributed by atoms with E-state index in [1.54, 1.807) is 11.3 Å². The van der Waals surface area contributed by atoms with Crippen LogP contribution in [0.5, 0.6) is 0 Å². The van der Waals surface area contributed by atoms with Crippen LogP contribution in [0.15, 0.2) is 46.3 Å². The van der Waals surface area contributed by atoms with Gasteiger partial charge in [0.15, 0.2) is 11.6 Å². The summed E-state index contributed by atoms with van der Waals surface area (Å²) in [5, 5.41) is 3.09. The van der Waals surface area contributed by atoms with E-state index < -0.39 is 17.7 Å². The molecule has 0 radical (unpaired) electrons. The molecule has 1 aromatic heterocycles. The van der Waals surface area contributed by atoms with E-state index in [1.807, 2.05) is 29.6 Å². The normalized spacial score (nSPS) is 12.8. The van der Waals surface area contributed by atoms with Crippen molar-refractivity contribution in [3.63, 3.8) is 0 Å². The van der Waals surface area contributed by atoms with Gasteiger partial charge in [-0.15, -0.1) is 11.3 Å². The zero-order valence-electron chi connectivity index (χ0n) is 10.2. The predicted octanol–water partition coefficient (Wildman–Crippen LogP) is 4.99. The Morgan fingerprint density at radius 2 is 1.85 bits per heavy atom. The topological polar surface area (TPSA) is 26.0 Å². The molecule has 2 N–H and O–H groups in total. The summed E-state index contributed by atoms with van der Waals surface area (Å²) in [7, 11) is 0. The second-order valence-electron chi connectivity index (χ2n) is 4.43. The first-order valence-electron chi connectivity index (χ1n) is 5.94. The van der Waals surface area contributed by atoms with Crippen molar-refractivity contribution in [2.75, 3.05) is 0 Å². The first kappa shape index (κ1) is 13.7. The van der Waals surface area contributed by atoms with Gasteiger partial charge in [-0.25, -0.2) is 8.78 Å². The standard InChI is InChI=1S/C15H10BrF2NS/c16-12-9(4-5-11(17)13(12)18)14(19)10-3-1-2-8-6-7-20-15(8)10/h1-7,14H,19H2. The Balaban J connectivity index is 2.16. The highest BCUT2D eigenvalue weighted by Gasteiger charge is 2.19. The van der Waals surface area contributed by atoms with Gasteiger partial charge in [-0.3, -0.25) is 0 Å². The molecule has 0 saturated carbocycles. The summed E-state index contributed by atoms with van der Waals surface area (Å²) in [6.07, 6.45) is 0. The molecule has 1 atom stereocenters. The predicted molar refractivity (Wildman–Crippen MR) is 81.9 cm³/mol. The van der Waals surface area contributed by atoms with Crippen molar-refractivity contribution in [2.24, 2.45) is 5.73 Å². The Hall–Kier alpha value is -1.30. The van der Waals surface area contributed by atoms with Crippen molar-refractivity contribution in [1.82, 2.24) is 0 Å². The number of benzene rings is 2. The summed E-state index contributed by atoms with van der Waals surface area (Å²) in [5.41, 5.74) is 7.69. The molecule has 1 heterocycles. The summed E-state index contributed by atoms with van der Waals surface area (Å²) in [6, 6.07) is 9.94. The summed E-state index contributed by atoms with van der Waals surface area (Å²) in [6.45, 7) is 0. The highest BCUT2D eigenvalue weighted by molar-refractivity contribution is 9.10. The van der Waals surface area contributed by atoms with Gasteiger partial charge in [0.1, 0.15) is 0 Å². The minimum Gasteiger partial charge on any atom is -0.320 e. The van der Waals surface area contributed by atoms with Gasteiger partial charge in [-0.05, 0) is 50.0 Å². The van der Waals surface area contributed by atoms with Gasteiger partial charge in [-0.1, -0.05) is 24.3 Å². The van der Waals surface area contributed by atoms with Crippen LogP contribution in [-0.2, 0) is 0 Å². The maximum absolute atomic E-state index is 13.6. The molecule has 3 rings (SSSR count). The van der Waals surface area contributed by atoms with Gasteiger partial charge in [0.25, 0.3) is 0 Å². The molecule has 1 unspecified atom stereocenters. The molecule has 0 amide bonds. The molecule has 0 bridgehead atoms. The molecule has 5 heteroatoms. The van der Waals surface area contributed by atoms with E-state index in [0.717, 1.165) is 21.7 Å². The Morgan fingerprint density at radius 1 is 1.05 bits per heavy atom. The average molecular weight is 354 g/mol. The molecular formula is C15H10BrF2NS. The highest BCUT2D eigenvalue weighted by Crippen LogP contribution is 2.35. The van der Waals surface area contributed by atoms with Crippen molar-refractivity contribution in [2.45, 2.75) is 6.04 Å². The van der Waals surface area contributed by atoms with Crippen molar-refractivity contribution in [3.05, 3.63) is 69.0 Å². The molecule has 3 aromatic rings. The van der Waals surface area contributed by atoms with Gasteiger partial charge < -0.3 is 5.73 Å². The second kappa shape index (κ2) is 5.24. The van der Waals surface area contributed by atoms with Crippen molar-refractivity contribution in [3.8, 4) is 0 Å². The number of hydrogen-bond donors (Lipinski definition) is 1. The summed E-state index contributed by atoms with van der Waals surface area (Å²) in [4.78, 5) is 0. The quantitative estimate of drug-likeness (QED) is 0.645. The third kappa shape index (κ3) is 2.16. The fourth-order valence-corrected chi connectivity index (χ4v) is 3.73. The number of halogens is 3. The maximum Gasteiger partial charge on any atom is 0.173 e. The van der Waals surface area contributed by atoms with Crippen LogP contribution in [0.1, 0.15) is 17.2 Å². The van der Waals surface area contributed by atoms with Crippen LogP contribution >= 0.6 is 27.3 Å². The Bertz CT molecular complexity index is 785. The molecule has 0 fully saturated rings. The number of thiophene rings is 1. The van der Waals surface area contributed by atoms with Crippen LogP contribution in [0.4, 0.5) is 8.78 Å². The molecule has 102 valence electrons. The lowest BCUT2D eigenvalue weighted by Gasteiger charge is -2.16. The zero-order valence-corrected chi connectivity index (χ0v) is 12.6. The third-order valence-corrected chi connectivity index (χ3v) is 5.03. The lowest BCUT2D eigenvalue weighted by atomic mass is 9.98. The third-order valence-electron chi connectivity index (χ3n) is 3.24. The molecule has 2 aromatic carbocycles. The van der Waals surface area contributed by atoms with Crippen molar-refractivity contribution in [1.29, 1.82) is 0 Å². The molecular weight excluding hydrogens is 344 g/mol. The average Bonchev–Trinajstić information content (AvgIpc) is 2.92. The van der Waals surface area contributed by atoms with E-state index >= 15 is 0 Å². The zero-order chi connectivity index (χ0) is 14.3.